The first-order chi connectivity index (χ1) is 10.8. The van der Waals surface area contributed by atoms with Crippen LogP contribution in [0.5, 0.6) is 0 Å². The summed E-state index contributed by atoms with van der Waals surface area (Å²) in [4.78, 5) is 11.9. The Labute approximate surface area is 138 Å². The highest BCUT2D eigenvalue weighted by atomic mass is 19.3. The molecule has 3 heteroatoms. The van der Waals surface area contributed by atoms with Crippen molar-refractivity contribution in [2.24, 2.45) is 11.8 Å². The van der Waals surface area contributed by atoms with Gasteiger partial charge in [0.1, 0.15) is 0 Å². The minimum absolute atomic E-state index is 0.0623. The van der Waals surface area contributed by atoms with Crippen molar-refractivity contribution in [2.75, 3.05) is 0 Å². The molecule has 128 valence electrons. The first-order valence-electron chi connectivity index (χ1n) is 8.46. The standard InChI is InChI=1S/C20H28F2O/c1-5-7-8-9-18(20(21,22)6-2)14-16-10-12-17(13-11-16)19(23)15(3)4/h6,10-13,15,18H,2,5,7-9,14H2,1,3-4H3. The lowest BCUT2D eigenvalue weighted by Gasteiger charge is -2.24. The van der Waals surface area contributed by atoms with Crippen molar-refractivity contribution >= 4 is 5.78 Å². The molecule has 0 aliphatic carbocycles. The number of hydrogen-bond acceptors (Lipinski definition) is 1. The van der Waals surface area contributed by atoms with Crippen LogP contribution >= 0.6 is 0 Å². The fourth-order valence-corrected chi connectivity index (χ4v) is 2.66. The van der Waals surface area contributed by atoms with E-state index in [1.807, 2.05) is 13.8 Å². The normalized spacial score (nSPS) is 13.1. The van der Waals surface area contributed by atoms with Crippen LogP contribution in [0.15, 0.2) is 36.9 Å². The molecule has 0 amide bonds. The molecule has 0 saturated carbocycles. The molecule has 1 aromatic rings. The van der Waals surface area contributed by atoms with Gasteiger partial charge in [0.05, 0.1) is 0 Å². The third kappa shape index (κ3) is 5.89. The predicted octanol–water partition coefficient (Wildman–Crippen LogP) is 6.09. The van der Waals surface area contributed by atoms with Gasteiger partial charge in [-0.15, -0.1) is 0 Å². The number of benzene rings is 1. The Morgan fingerprint density at radius 2 is 1.83 bits per heavy atom. The molecule has 0 aliphatic rings. The van der Waals surface area contributed by atoms with E-state index in [1.54, 1.807) is 24.3 Å². The maximum atomic E-state index is 14.1. The highest BCUT2D eigenvalue weighted by Gasteiger charge is 2.35. The molecule has 1 atom stereocenters. The zero-order valence-electron chi connectivity index (χ0n) is 14.4. The molecule has 0 heterocycles. The number of halogens is 2. The van der Waals surface area contributed by atoms with Crippen LogP contribution in [0.2, 0.25) is 0 Å². The van der Waals surface area contributed by atoms with Gasteiger partial charge < -0.3 is 0 Å². The maximum Gasteiger partial charge on any atom is 0.269 e. The van der Waals surface area contributed by atoms with Crippen molar-refractivity contribution in [3.63, 3.8) is 0 Å². The largest absolute Gasteiger partial charge is 0.294 e. The van der Waals surface area contributed by atoms with E-state index in [2.05, 4.69) is 13.5 Å². The molecule has 1 unspecified atom stereocenters. The summed E-state index contributed by atoms with van der Waals surface area (Å²) in [7, 11) is 0. The van der Waals surface area contributed by atoms with Crippen LogP contribution in [0.1, 0.15) is 62.4 Å². The molecule has 0 fully saturated rings. The van der Waals surface area contributed by atoms with E-state index in [0.29, 0.717) is 18.4 Å². The summed E-state index contributed by atoms with van der Waals surface area (Å²) in [5.41, 5.74) is 1.48. The number of rotatable bonds is 10. The maximum absolute atomic E-state index is 14.1. The summed E-state index contributed by atoms with van der Waals surface area (Å²) in [6, 6.07) is 7.07. The highest BCUT2D eigenvalue weighted by molar-refractivity contribution is 5.97. The summed E-state index contributed by atoms with van der Waals surface area (Å²) in [6.45, 7) is 9.05. The van der Waals surface area contributed by atoms with Gasteiger partial charge in [-0.05, 0) is 24.5 Å². The smallest absolute Gasteiger partial charge is 0.269 e. The summed E-state index contributed by atoms with van der Waals surface area (Å²) < 4.78 is 28.1. The fourth-order valence-electron chi connectivity index (χ4n) is 2.66. The van der Waals surface area contributed by atoms with Gasteiger partial charge in [0.15, 0.2) is 5.78 Å². The molecule has 1 aromatic carbocycles. The molecule has 0 N–H and O–H groups in total. The zero-order valence-corrected chi connectivity index (χ0v) is 14.4. The lowest BCUT2D eigenvalue weighted by atomic mass is 9.87. The van der Waals surface area contributed by atoms with Gasteiger partial charge in [0, 0.05) is 17.4 Å². The Hall–Kier alpha value is -1.51. The van der Waals surface area contributed by atoms with Crippen LogP contribution in [-0.2, 0) is 6.42 Å². The lowest BCUT2D eigenvalue weighted by molar-refractivity contribution is -0.0133. The van der Waals surface area contributed by atoms with Crippen molar-refractivity contribution in [1.29, 1.82) is 0 Å². The first kappa shape index (κ1) is 19.5. The number of unbranched alkanes of at least 4 members (excludes halogenated alkanes) is 2. The Kier molecular flexibility index (Phi) is 7.60. The topological polar surface area (TPSA) is 17.1 Å². The molecule has 23 heavy (non-hydrogen) atoms. The van der Waals surface area contributed by atoms with E-state index in [1.165, 1.54) is 0 Å². The average molecular weight is 322 g/mol. The average Bonchev–Trinajstić information content (AvgIpc) is 2.53. The molecule has 1 nitrogen and oxygen atoms in total. The van der Waals surface area contributed by atoms with Crippen LogP contribution < -0.4 is 0 Å². The molecular formula is C20H28F2O. The van der Waals surface area contributed by atoms with Crippen LogP contribution in [0, 0.1) is 11.8 Å². The second kappa shape index (κ2) is 8.95. The van der Waals surface area contributed by atoms with Gasteiger partial charge in [-0.25, -0.2) is 8.78 Å². The van der Waals surface area contributed by atoms with Crippen molar-refractivity contribution in [3.8, 4) is 0 Å². The van der Waals surface area contributed by atoms with Gasteiger partial charge in [-0.1, -0.05) is 70.9 Å². The number of ketones is 1. The summed E-state index contributed by atoms with van der Waals surface area (Å²) in [6.07, 6.45) is 4.33. The SMILES string of the molecule is C=CC(F)(F)C(CCCCC)Cc1ccc(C(=O)C(C)C)cc1. The molecular weight excluding hydrogens is 294 g/mol. The number of allylic oxidation sites excluding steroid dienone is 1. The minimum atomic E-state index is -2.86. The molecule has 0 aliphatic heterocycles. The molecule has 0 saturated heterocycles. The molecule has 0 radical (unpaired) electrons. The van der Waals surface area contributed by atoms with Crippen molar-refractivity contribution in [2.45, 2.75) is 58.8 Å². The highest BCUT2D eigenvalue weighted by Crippen LogP contribution is 2.33. The third-order valence-electron chi connectivity index (χ3n) is 4.22. The van der Waals surface area contributed by atoms with E-state index in [9.17, 15) is 13.6 Å². The van der Waals surface area contributed by atoms with Gasteiger partial charge in [0.2, 0.25) is 0 Å². The summed E-state index contributed by atoms with van der Waals surface area (Å²) in [5, 5.41) is 0. The second-order valence-electron chi connectivity index (χ2n) is 6.49. The van der Waals surface area contributed by atoms with E-state index in [4.69, 9.17) is 0 Å². The summed E-state index contributed by atoms with van der Waals surface area (Å²) in [5.74, 6) is -3.58. The number of carbonyl (C=O) groups is 1. The van der Waals surface area contributed by atoms with Gasteiger partial charge in [-0.3, -0.25) is 4.79 Å². The summed E-state index contributed by atoms with van der Waals surface area (Å²) >= 11 is 0. The Morgan fingerprint density at radius 1 is 1.22 bits per heavy atom. The number of hydrogen-bond donors (Lipinski definition) is 0. The molecule has 0 aromatic heterocycles. The van der Waals surface area contributed by atoms with Gasteiger partial charge in [0.25, 0.3) is 5.92 Å². The van der Waals surface area contributed by atoms with Crippen molar-refractivity contribution in [3.05, 3.63) is 48.0 Å². The zero-order chi connectivity index (χ0) is 17.5. The first-order valence-corrected chi connectivity index (χ1v) is 8.46. The Morgan fingerprint density at radius 3 is 2.30 bits per heavy atom. The minimum Gasteiger partial charge on any atom is -0.294 e. The molecule has 1 rings (SSSR count). The number of Topliss-reactive ketones (excluding diaryl/α,β-unsaturated/α-hetero) is 1. The van der Waals surface area contributed by atoms with Crippen LogP contribution in [0.3, 0.4) is 0 Å². The van der Waals surface area contributed by atoms with E-state index < -0.39 is 11.8 Å². The molecule has 0 bridgehead atoms. The van der Waals surface area contributed by atoms with Crippen molar-refractivity contribution in [1.82, 2.24) is 0 Å². The lowest BCUT2D eigenvalue weighted by Crippen LogP contribution is -2.27. The van der Waals surface area contributed by atoms with Gasteiger partial charge >= 0.3 is 0 Å². The fraction of sp³-hybridized carbons (Fsp3) is 0.550. The number of carbonyl (C=O) groups excluding carboxylic acids is 1. The van der Waals surface area contributed by atoms with Crippen LogP contribution in [-0.4, -0.2) is 11.7 Å². The Bertz CT molecular complexity index is 503. The van der Waals surface area contributed by atoms with Crippen molar-refractivity contribution < 1.29 is 13.6 Å². The quantitative estimate of drug-likeness (QED) is 0.289. The predicted molar refractivity (Wildman–Crippen MR) is 92.1 cm³/mol. The van der Waals surface area contributed by atoms with Gasteiger partial charge in [-0.2, -0.15) is 0 Å². The van der Waals surface area contributed by atoms with Crippen LogP contribution in [0.25, 0.3) is 0 Å². The Balaban J connectivity index is 2.82. The van der Waals surface area contributed by atoms with Crippen LogP contribution in [0.4, 0.5) is 8.78 Å². The van der Waals surface area contributed by atoms with E-state index >= 15 is 0 Å². The second-order valence-corrected chi connectivity index (χ2v) is 6.49. The van der Waals surface area contributed by atoms with E-state index in [0.717, 1.165) is 30.9 Å². The molecule has 0 spiro atoms. The third-order valence-corrected chi connectivity index (χ3v) is 4.22. The number of alkyl halides is 2. The monoisotopic (exact) mass is 322 g/mol. The van der Waals surface area contributed by atoms with E-state index in [-0.39, 0.29) is 11.7 Å².